The third-order valence-corrected chi connectivity index (χ3v) is 5.31. The highest BCUT2D eigenvalue weighted by molar-refractivity contribution is 5.80. The second-order valence-electron chi connectivity index (χ2n) is 7.79. The van der Waals surface area contributed by atoms with Crippen molar-refractivity contribution < 1.29 is 9.47 Å². The third kappa shape index (κ3) is 6.70. The fourth-order valence-corrected chi connectivity index (χ4v) is 3.36. The van der Waals surface area contributed by atoms with E-state index in [4.69, 9.17) is 9.47 Å². The average Bonchev–Trinajstić information content (AvgIpc) is 2.70. The predicted molar refractivity (Wildman–Crippen MR) is 112 cm³/mol. The van der Waals surface area contributed by atoms with Crippen LogP contribution < -0.4 is 15.4 Å². The predicted octanol–water partition coefficient (Wildman–Crippen LogP) is 2.25. The maximum absolute atomic E-state index is 5.36. The Hall–Kier alpha value is -1.79. The van der Waals surface area contributed by atoms with Crippen molar-refractivity contribution >= 4 is 5.96 Å². The molecule has 2 rings (SSSR count). The second-order valence-corrected chi connectivity index (χ2v) is 7.79. The molecule has 1 aromatic carbocycles. The van der Waals surface area contributed by atoms with Gasteiger partial charge in [-0.3, -0.25) is 4.99 Å². The van der Waals surface area contributed by atoms with Crippen molar-refractivity contribution in [1.29, 1.82) is 0 Å². The number of methoxy groups -OCH3 is 2. The van der Waals surface area contributed by atoms with Gasteiger partial charge in [0.2, 0.25) is 0 Å². The smallest absolute Gasteiger partial charge is 0.191 e. The van der Waals surface area contributed by atoms with Gasteiger partial charge in [0.05, 0.1) is 13.7 Å². The highest BCUT2D eigenvalue weighted by atomic mass is 16.5. The lowest BCUT2D eigenvalue weighted by atomic mass is 9.84. The summed E-state index contributed by atoms with van der Waals surface area (Å²) >= 11 is 0. The lowest BCUT2D eigenvalue weighted by Gasteiger charge is -2.33. The van der Waals surface area contributed by atoms with E-state index < -0.39 is 0 Å². The van der Waals surface area contributed by atoms with Crippen molar-refractivity contribution in [2.24, 2.45) is 4.99 Å². The fraction of sp³-hybridized carbons (Fsp3) is 0.667. The first-order valence-electron chi connectivity index (χ1n) is 9.81. The van der Waals surface area contributed by atoms with Crippen LogP contribution in [0.1, 0.15) is 32.3 Å². The van der Waals surface area contributed by atoms with E-state index in [2.05, 4.69) is 46.5 Å². The Bertz CT molecular complexity index is 596. The normalized spacial score (nSPS) is 17.0. The summed E-state index contributed by atoms with van der Waals surface area (Å²) in [7, 11) is 5.30. The quantitative estimate of drug-likeness (QED) is 0.538. The molecule has 0 radical (unpaired) electrons. The van der Waals surface area contributed by atoms with Crippen LogP contribution in [0.3, 0.4) is 0 Å². The molecule has 1 aliphatic heterocycles. The molecule has 1 aromatic rings. The van der Waals surface area contributed by atoms with Crippen LogP contribution in [0, 0.1) is 0 Å². The molecule has 1 aliphatic rings. The van der Waals surface area contributed by atoms with E-state index in [1.807, 2.05) is 19.2 Å². The molecule has 1 saturated heterocycles. The summed E-state index contributed by atoms with van der Waals surface area (Å²) in [5.41, 5.74) is 1.21. The van der Waals surface area contributed by atoms with Crippen molar-refractivity contribution in [3.63, 3.8) is 0 Å². The number of hydrogen-bond donors (Lipinski definition) is 2. The van der Waals surface area contributed by atoms with E-state index in [1.165, 1.54) is 5.56 Å². The Balaban J connectivity index is 1.83. The summed E-state index contributed by atoms with van der Waals surface area (Å²) in [6, 6.07) is 8.74. The number of hydrogen-bond acceptors (Lipinski definition) is 4. The molecule has 27 heavy (non-hydrogen) atoms. The van der Waals surface area contributed by atoms with Gasteiger partial charge >= 0.3 is 0 Å². The molecule has 1 heterocycles. The zero-order chi connectivity index (χ0) is 19.7. The van der Waals surface area contributed by atoms with Crippen molar-refractivity contribution in [2.75, 3.05) is 54.1 Å². The van der Waals surface area contributed by atoms with E-state index in [9.17, 15) is 0 Å². The highest BCUT2D eigenvalue weighted by Crippen LogP contribution is 2.25. The molecular weight excluding hydrogens is 340 g/mol. The number of benzene rings is 1. The van der Waals surface area contributed by atoms with Crippen LogP contribution in [-0.2, 0) is 10.2 Å². The molecule has 6 nitrogen and oxygen atoms in total. The molecule has 1 fully saturated rings. The van der Waals surface area contributed by atoms with Crippen molar-refractivity contribution in [3.05, 3.63) is 29.8 Å². The van der Waals surface area contributed by atoms with E-state index in [1.54, 1.807) is 14.2 Å². The average molecular weight is 377 g/mol. The van der Waals surface area contributed by atoms with Crippen LogP contribution in [0.5, 0.6) is 5.75 Å². The second kappa shape index (κ2) is 10.5. The molecule has 0 aromatic heterocycles. The van der Waals surface area contributed by atoms with Gasteiger partial charge in [0.1, 0.15) is 5.75 Å². The number of aliphatic imine (C=N–C) groups is 1. The molecule has 6 heteroatoms. The van der Waals surface area contributed by atoms with E-state index in [0.717, 1.165) is 57.3 Å². The SMILES string of the molecule is CN=C(NCC(C)(C)c1cccc(OC)c1)NC1CCN(CCOC)CC1. The Kier molecular flexibility index (Phi) is 8.38. The van der Waals surface area contributed by atoms with Gasteiger partial charge in [-0.1, -0.05) is 26.0 Å². The van der Waals surface area contributed by atoms with Crippen LogP contribution in [0.15, 0.2) is 29.3 Å². The zero-order valence-corrected chi connectivity index (χ0v) is 17.5. The Morgan fingerprint density at radius 2 is 2.00 bits per heavy atom. The Morgan fingerprint density at radius 3 is 2.63 bits per heavy atom. The van der Waals surface area contributed by atoms with Gasteiger partial charge in [-0.2, -0.15) is 0 Å². The third-order valence-electron chi connectivity index (χ3n) is 5.31. The monoisotopic (exact) mass is 376 g/mol. The van der Waals surface area contributed by atoms with Crippen LogP contribution in [-0.4, -0.2) is 71.0 Å². The first kappa shape index (κ1) is 21.5. The molecule has 0 amide bonds. The van der Waals surface area contributed by atoms with Gasteiger partial charge in [-0.05, 0) is 30.5 Å². The van der Waals surface area contributed by atoms with Gasteiger partial charge in [0.15, 0.2) is 5.96 Å². The molecule has 0 bridgehead atoms. The summed E-state index contributed by atoms with van der Waals surface area (Å²) in [5.74, 6) is 1.77. The van der Waals surface area contributed by atoms with Crippen molar-refractivity contribution in [2.45, 2.75) is 38.1 Å². The van der Waals surface area contributed by atoms with Crippen molar-refractivity contribution in [3.8, 4) is 5.75 Å². The number of nitrogens with zero attached hydrogens (tertiary/aromatic N) is 2. The van der Waals surface area contributed by atoms with Gasteiger partial charge < -0.3 is 25.0 Å². The molecule has 0 unspecified atom stereocenters. The standard InChI is InChI=1S/C21H36N4O2/c1-21(2,17-7-6-8-19(15-17)27-5)16-23-20(22-3)24-18-9-11-25(12-10-18)13-14-26-4/h6-8,15,18H,9-14,16H2,1-5H3,(H2,22,23,24). The number of likely N-dealkylation sites (tertiary alicyclic amines) is 1. The number of nitrogens with one attached hydrogen (secondary N) is 2. The maximum atomic E-state index is 5.36. The molecule has 0 aliphatic carbocycles. The summed E-state index contributed by atoms with van der Waals surface area (Å²) in [5, 5.41) is 7.09. The lowest BCUT2D eigenvalue weighted by molar-refractivity contribution is 0.128. The Labute approximate surface area is 164 Å². The number of rotatable bonds is 8. The summed E-state index contributed by atoms with van der Waals surface area (Å²) in [6.45, 7) is 9.30. The van der Waals surface area contributed by atoms with Gasteiger partial charge in [0, 0.05) is 51.8 Å². The van der Waals surface area contributed by atoms with Gasteiger partial charge in [-0.15, -0.1) is 0 Å². The van der Waals surface area contributed by atoms with Gasteiger partial charge in [-0.25, -0.2) is 0 Å². The summed E-state index contributed by atoms with van der Waals surface area (Å²) < 4.78 is 10.5. The zero-order valence-electron chi connectivity index (χ0n) is 17.5. The minimum absolute atomic E-state index is 0.0321. The van der Waals surface area contributed by atoms with E-state index >= 15 is 0 Å². The summed E-state index contributed by atoms with van der Waals surface area (Å²) in [6.07, 6.45) is 2.26. The minimum atomic E-state index is -0.0321. The van der Waals surface area contributed by atoms with Crippen LogP contribution in [0.2, 0.25) is 0 Å². The van der Waals surface area contributed by atoms with Crippen LogP contribution in [0.25, 0.3) is 0 Å². The van der Waals surface area contributed by atoms with Crippen LogP contribution >= 0.6 is 0 Å². The Morgan fingerprint density at radius 1 is 1.26 bits per heavy atom. The van der Waals surface area contributed by atoms with E-state index in [0.29, 0.717) is 6.04 Å². The summed E-state index contributed by atoms with van der Waals surface area (Å²) in [4.78, 5) is 6.88. The van der Waals surface area contributed by atoms with Crippen LogP contribution in [0.4, 0.5) is 0 Å². The highest BCUT2D eigenvalue weighted by Gasteiger charge is 2.23. The molecule has 2 N–H and O–H groups in total. The number of guanidine groups is 1. The number of ether oxygens (including phenoxy) is 2. The fourth-order valence-electron chi connectivity index (χ4n) is 3.36. The van der Waals surface area contributed by atoms with Crippen molar-refractivity contribution in [1.82, 2.24) is 15.5 Å². The molecule has 0 atom stereocenters. The maximum Gasteiger partial charge on any atom is 0.191 e. The molecule has 152 valence electrons. The molecular formula is C21H36N4O2. The molecule has 0 saturated carbocycles. The number of piperidine rings is 1. The largest absolute Gasteiger partial charge is 0.497 e. The first-order valence-corrected chi connectivity index (χ1v) is 9.81. The van der Waals surface area contributed by atoms with Gasteiger partial charge in [0.25, 0.3) is 0 Å². The minimum Gasteiger partial charge on any atom is -0.497 e. The van der Waals surface area contributed by atoms with E-state index in [-0.39, 0.29) is 5.41 Å². The topological polar surface area (TPSA) is 58.1 Å². The lowest BCUT2D eigenvalue weighted by Crippen LogP contribution is -2.50. The molecule has 0 spiro atoms. The first-order chi connectivity index (χ1) is 13.0.